The molecule has 1 aliphatic carbocycles. The first kappa shape index (κ1) is 20.8. The summed E-state index contributed by atoms with van der Waals surface area (Å²) >= 11 is 0. The second-order valence-corrected chi connectivity index (χ2v) is 7.45. The van der Waals surface area contributed by atoms with E-state index in [1.807, 2.05) is 0 Å². The molecule has 3 heteroatoms. The molecular formula is C23H31F3. The van der Waals surface area contributed by atoms with Crippen LogP contribution in [0.25, 0.3) is 5.57 Å². The van der Waals surface area contributed by atoms with Crippen molar-refractivity contribution in [3.8, 4) is 0 Å². The van der Waals surface area contributed by atoms with Crippen molar-refractivity contribution < 1.29 is 13.2 Å². The van der Waals surface area contributed by atoms with Gasteiger partial charge in [0.2, 0.25) is 0 Å². The molecule has 2 unspecified atom stereocenters. The van der Waals surface area contributed by atoms with Gasteiger partial charge in [0, 0.05) is 0 Å². The second kappa shape index (κ2) is 9.99. The topological polar surface area (TPSA) is 0 Å². The average Bonchev–Trinajstić information content (AvgIpc) is 2.62. The quantitative estimate of drug-likeness (QED) is 0.409. The van der Waals surface area contributed by atoms with Crippen molar-refractivity contribution in [1.82, 2.24) is 0 Å². The zero-order valence-electron chi connectivity index (χ0n) is 16.0. The van der Waals surface area contributed by atoms with E-state index in [9.17, 15) is 13.2 Å². The Morgan fingerprint density at radius 1 is 1.15 bits per heavy atom. The van der Waals surface area contributed by atoms with Gasteiger partial charge in [0.25, 0.3) is 0 Å². The lowest BCUT2D eigenvalue weighted by Crippen LogP contribution is -2.07. The van der Waals surface area contributed by atoms with Crippen molar-refractivity contribution in [2.75, 3.05) is 0 Å². The van der Waals surface area contributed by atoms with Gasteiger partial charge < -0.3 is 0 Å². The highest BCUT2D eigenvalue weighted by Crippen LogP contribution is 2.35. The molecule has 1 aromatic rings. The molecule has 1 aromatic carbocycles. The van der Waals surface area contributed by atoms with E-state index in [0.717, 1.165) is 30.7 Å². The van der Waals surface area contributed by atoms with Crippen molar-refractivity contribution in [2.24, 2.45) is 11.8 Å². The largest absolute Gasteiger partial charge is 0.416 e. The predicted molar refractivity (Wildman–Crippen MR) is 104 cm³/mol. The summed E-state index contributed by atoms with van der Waals surface area (Å²) in [4.78, 5) is 0. The molecule has 2 atom stereocenters. The molecule has 0 aliphatic heterocycles. The molecule has 0 nitrogen and oxygen atoms in total. The maximum absolute atomic E-state index is 12.7. The summed E-state index contributed by atoms with van der Waals surface area (Å²) in [7, 11) is 0. The van der Waals surface area contributed by atoms with Crippen molar-refractivity contribution >= 4 is 5.57 Å². The van der Waals surface area contributed by atoms with Crippen LogP contribution in [0.4, 0.5) is 13.2 Å². The fraction of sp³-hybridized carbons (Fsp3) is 0.565. The lowest BCUT2D eigenvalue weighted by Gasteiger charge is -2.23. The molecule has 0 radical (unpaired) electrons. The van der Waals surface area contributed by atoms with Crippen molar-refractivity contribution in [2.45, 2.75) is 71.4 Å². The van der Waals surface area contributed by atoms with Gasteiger partial charge in [-0.05, 0) is 74.1 Å². The zero-order valence-corrected chi connectivity index (χ0v) is 16.0. The third-order valence-corrected chi connectivity index (χ3v) is 5.41. The molecule has 0 N–H and O–H groups in total. The van der Waals surface area contributed by atoms with Gasteiger partial charge in [-0.3, -0.25) is 0 Å². The fourth-order valence-electron chi connectivity index (χ4n) is 3.93. The van der Waals surface area contributed by atoms with Gasteiger partial charge in [0.15, 0.2) is 0 Å². The van der Waals surface area contributed by atoms with Crippen LogP contribution in [0.15, 0.2) is 42.5 Å². The van der Waals surface area contributed by atoms with E-state index >= 15 is 0 Å². The smallest absolute Gasteiger partial charge is 0.166 e. The Bertz CT molecular complexity index is 593. The molecule has 0 amide bonds. The molecule has 0 saturated heterocycles. The van der Waals surface area contributed by atoms with Crippen molar-refractivity contribution in [3.05, 3.63) is 53.6 Å². The van der Waals surface area contributed by atoms with E-state index in [0.29, 0.717) is 5.92 Å². The Labute approximate surface area is 156 Å². The Morgan fingerprint density at radius 3 is 2.42 bits per heavy atom. The van der Waals surface area contributed by atoms with Crippen LogP contribution in [-0.2, 0) is 6.18 Å². The summed E-state index contributed by atoms with van der Waals surface area (Å²) in [6.45, 7) is 4.34. The number of hydrogen-bond acceptors (Lipinski definition) is 0. The Morgan fingerprint density at radius 2 is 1.88 bits per heavy atom. The Kier molecular flexibility index (Phi) is 7.99. The normalized spacial score (nSPS) is 19.6. The maximum atomic E-state index is 12.7. The number of rotatable bonds is 8. The summed E-state index contributed by atoms with van der Waals surface area (Å²) < 4.78 is 38.0. The van der Waals surface area contributed by atoms with E-state index in [-0.39, 0.29) is 0 Å². The van der Waals surface area contributed by atoms with Crippen molar-refractivity contribution in [3.63, 3.8) is 0 Å². The summed E-state index contributed by atoms with van der Waals surface area (Å²) in [6, 6.07) is 5.61. The van der Waals surface area contributed by atoms with E-state index in [1.165, 1.54) is 49.8 Å². The summed E-state index contributed by atoms with van der Waals surface area (Å²) in [6.07, 6.45) is 12.0. The first-order valence-corrected chi connectivity index (χ1v) is 9.93. The lowest BCUT2D eigenvalue weighted by molar-refractivity contribution is -0.137. The average molecular weight is 364 g/mol. The SMILES string of the molecule is C/C=C/C(CCC)CCCC1CC=C(c2ccc(C(F)(F)F)cc2)CC1. The van der Waals surface area contributed by atoms with Crippen LogP contribution in [-0.4, -0.2) is 0 Å². The van der Waals surface area contributed by atoms with Crippen molar-refractivity contribution in [1.29, 1.82) is 0 Å². The minimum absolute atomic E-state index is 0.571. The summed E-state index contributed by atoms with van der Waals surface area (Å²) in [5.74, 6) is 1.44. The highest BCUT2D eigenvalue weighted by Gasteiger charge is 2.30. The summed E-state index contributed by atoms with van der Waals surface area (Å²) in [5, 5.41) is 0. The highest BCUT2D eigenvalue weighted by atomic mass is 19.4. The molecule has 0 aromatic heterocycles. The van der Waals surface area contributed by atoms with E-state index in [4.69, 9.17) is 0 Å². The third-order valence-electron chi connectivity index (χ3n) is 5.41. The first-order chi connectivity index (χ1) is 12.4. The van der Waals surface area contributed by atoms with E-state index in [1.54, 1.807) is 12.1 Å². The van der Waals surface area contributed by atoms with E-state index < -0.39 is 11.7 Å². The van der Waals surface area contributed by atoms with Gasteiger partial charge >= 0.3 is 6.18 Å². The molecular weight excluding hydrogens is 333 g/mol. The van der Waals surface area contributed by atoms with Gasteiger partial charge in [-0.15, -0.1) is 0 Å². The Hall–Kier alpha value is -1.51. The van der Waals surface area contributed by atoms with Crippen LogP contribution in [0.1, 0.15) is 76.3 Å². The number of halogens is 3. The van der Waals surface area contributed by atoms with Crippen LogP contribution in [0, 0.1) is 11.8 Å². The van der Waals surface area contributed by atoms with E-state index in [2.05, 4.69) is 32.1 Å². The molecule has 0 heterocycles. The zero-order chi connectivity index (χ0) is 19.0. The number of alkyl halides is 3. The van der Waals surface area contributed by atoms with Crippen LogP contribution in [0.5, 0.6) is 0 Å². The monoisotopic (exact) mass is 364 g/mol. The molecule has 1 aliphatic rings. The van der Waals surface area contributed by atoms with Crippen LogP contribution in [0.3, 0.4) is 0 Å². The molecule has 144 valence electrons. The molecule has 0 spiro atoms. The number of benzene rings is 1. The maximum Gasteiger partial charge on any atom is 0.416 e. The molecule has 0 bridgehead atoms. The van der Waals surface area contributed by atoms with Gasteiger partial charge in [-0.2, -0.15) is 13.2 Å². The molecule has 0 fully saturated rings. The molecule has 26 heavy (non-hydrogen) atoms. The molecule has 0 saturated carbocycles. The number of hydrogen-bond donors (Lipinski definition) is 0. The highest BCUT2D eigenvalue weighted by molar-refractivity contribution is 5.66. The van der Waals surface area contributed by atoms with Crippen LogP contribution >= 0.6 is 0 Å². The van der Waals surface area contributed by atoms with Gasteiger partial charge in [-0.1, -0.05) is 56.5 Å². The third kappa shape index (κ3) is 6.34. The molecule has 2 rings (SSSR count). The second-order valence-electron chi connectivity index (χ2n) is 7.45. The summed E-state index contributed by atoms with van der Waals surface area (Å²) in [5.41, 5.74) is 1.57. The van der Waals surface area contributed by atoms with Gasteiger partial charge in [0.05, 0.1) is 5.56 Å². The lowest BCUT2D eigenvalue weighted by atomic mass is 9.83. The minimum Gasteiger partial charge on any atom is -0.166 e. The van der Waals surface area contributed by atoms with Crippen LogP contribution < -0.4 is 0 Å². The van der Waals surface area contributed by atoms with Gasteiger partial charge in [-0.25, -0.2) is 0 Å². The minimum atomic E-state index is -4.26. The Balaban J connectivity index is 1.82. The fourth-order valence-corrected chi connectivity index (χ4v) is 3.93. The number of allylic oxidation sites excluding steroid dienone is 4. The van der Waals surface area contributed by atoms with Crippen LogP contribution in [0.2, 0.25) is 0 Å². The first-order valence-electron chi connectivity index (χ1n) is 9.93. The predicted octanol–water partition coefficient (Wildman–Crippen LogP) is 8.05. The standard InChI is InChI=1S/C23H31F3/c1-3-6-18(7-4-2)8-5-9-19-10-12-20(13-11-19)21-14-16-22(17-15-21)23(24,25)26/h3,6,12,14-19H,4-5,7-11,13H2,1-2H3/b6-3+. The van der Waals surface area contributed by atoms with Gasteiger partial charge in [0.1, 0.15) is 0 Å².